The van der Waals surface area contributed by atoms with Crippen LogP contribution in [0.15, 0.2) is 76.9 Å². The molecule has 5 aliphatic heterocycles. The van der Waals surface area contributed by atoms with Crippen molar-refractivity contribution in [3.8, 4) is 39.3 Å². The Labute approximate surface area is 474 Å². The molecule has 8 atom stereocenters. The van der Waals surface area contributed by atoms with Gasteiger partial charge in [0, 0.05) is 69.1 Å². The summed E-state index contributed by atoms with van der Waals surface area (Å²) >= 11 is 1.59. The molecule has 5 saturated heterocycles. The highest BCUT2D eigenvalue weighted by Crippen LogP contribution is 2.44. The van der Waals surface area contributed by atoms with E-state index in [9.17, 15) is 14.7 Å². The largest absolute Gasteiger partial charge is 0.474 e. The first-order chi connectivity index (χ1) is 39.3. The number of piperazine rings is 1. The molecule has 0 spiro atoms. The van der Waals surface area contributed by atoms with Gasteiger partial charge in [0.2, 0.25) is 11.8 Å². The third-order valence-corrected chi connectivity index (χ3v) is 18.5. The average Bonchev–Trinajstić information content (AvgIpc) is 4.41. The van der Waals surface area contributed by atoms with E-state index in [0.29, 0.717) is 53.6 Å². The summed E-state index contributed by atoms with van der Waals surface area (Å²) in [6.07, 6.45) is 7.41. The summed E-state index contributed by atoms with van der Waals surface area (Å²) in [7, 11) is 1.56. The van der Waals surface area contributed by atoms with Crippen molar-refractivity contribution in [1.29, 1.82) is 0 Å². The molecule has 0 radical (unpaired) electrons. The lowest BCUT2D eigenvalue weighted by molar-refractivity contribution is -0.141. The number of fused-ring (bicyclic) bond motifs is 5. The molecule has 7 aromatic rings. The number of methoxy groups -OCH3 is 1. The molecule has 3 unspecified atom stereocenters. The Kier molecular flexibility index (Phi) is 15.4. The predicted molar refractivity (Wildman–Crippen MR) is 306 cm³/mol. The number of aryl methyl sites for hydroxylation is 2. The number of aromatic nitrogens is 5. The number of halogens is 1. The van der Waals surface area contributed by atoms with E-state index in [-0.39, 0.29) is 78.2 Å². The van der Waals surface area contributed by atoms with Gasteiger partial charge in [0.15, 0.2) is 18.4 Å². The van der Waals surface area contributed by atoms with Crippen molar-refractivity contribution in [1.82, 2.24) is 45.5 Å². The van der Waals surface area contributed by atoms with E-state index in [1.54, 1.807) is 30.7 Å². The lowest BCUT2D eigenvalue weighted by Gasteiger charge is -2.35. The van der Waals surface area contributed by atoms with Gasteiger partial charge in [-0.05, 0) is 116 Å². The molecule has 81 heavy (non-hydrogen) atoms. The summed E-state index contributed by atoms with van der Waals surface area (Å²) in [4.78, 5) is 54.9. The molecule has 0 saturated carbocycles. The molecule has 3 N–H and O–H groups in total. The lowest BCUT2D eigenvalue weighted by Crippen LogP contribution is -2.51. The third kappa shape index (κ3) is 10.7. The minimum absolute atomic E-state index is 0.0248. The number of ether oxygens (including phenoxy) is 4. The van der Waals surface area contributed by atoms with E-state index in [1.165, 1.54) is 4.90 Å². The quantitative estimate of drug-likeness (QED) is 0.0647. The Morgan fingerprint density at radius 1 is 0.988 bits per heavy atom. The van der Waals surface area contributed by atoms with E-state index in [4.69, 9.17) is 38.4 Å². The monoisotopic (exact) mass is 1120 g/mol. The normalized spacial score (nSPS) is 23.4. The Hall–Kier alpha value is -6.84. The summed E-state index contributed by atoms with van der Waals surface area (Å²) in [6.45, 7) is 12.8. The van der Waals surface area contributed by atoms with Crippen molar-refractivity contribution >= 4 is 50.6 Å². The Bertz CT molecular complexity index is 3440. The number of β-amino-alcohol motifs (C(OH)–C–C–N with tert-alkyl or cyclic N) is 1. The van der Waals surface area contributed by atoms with Gasteiger partial charge < -0.3 is 49.0 Å². The van der Waals surface area contributed by atoms with Gasteiger partial charge in [0.1, 0.15) is 48.0 Å². The maximum absolute atomic E-state index is 17.6. The highest BCUT2D eigenvalue weighted by Gasteiger charge is 2.50. The zero-order valence-electron chi connectivity index (χ0n) is 46.8. The predicted octanol–water partition coefficient (Wildman–Crippen LogP) is 8.92. The minimum Gasteiger partial charge on any atom is -0.474 e. The lowest BCUT2D eigenvalue weighted by atomic mass is 9.91. The maximum atomic E-state index is 17.6. The second-order valence-corrected chi connectivity index (χ2v) is 23.9. The molecule has 4 aromatic heterocycles. The summed E-state index contributed by atoms with van der Waals surface area (Å²) in [5.74, 6) is -0.455. The zero-order chi connectivity index (χ0) is 56.1. The smallest absolute Gasteiger partial charge is 0.319 e. The second-order valence-electron chi connectivity index (χ2n) is 23.1. The van der Waals surface area contributed by atoms with E-state index in [0.717, 1.165) is 103 Å². The van der Waals surface area contributed by atoms with Crippen molar-refractivity contribution in [3.05, 3.63) is 101 Å². The molecule has 2 bridgehead atoms. The molecule has 426 valence electrons. The Balaban J connectivity index is 0.739. The molecule has 3 aromatic carbocycles. The number of nitrogens with one attached hydrogen (secondary N) is 2. The topological polar surface area (TPSA) is 203 Å². The van der Waals surface area contributed by atoms with Crippen LogP contribution in [-0.4, -0.2) is 141 Å². The van der Waals surface area contributed by atoms with Gasteiger partial charge in [0.05, 0.1) is 39.2 Å². The number of aliphatic hydroxyl groups excluding tert-OH is 1. The molecule has 2 amide bonds. The number of thiazole rings is 1. The summed E-state index contributed by atoms with van der Waals surface area (Å²) in [6, 6.07) is 19.1. The van der Waals surface area contributed by atoms with E-state index < -0.39 is 23.9 Å². The molecule has 20 heteroatoms. The van der Waals surface area contributed by atoms with Crippen LogP contribution < -0.4 is 29.7 Å². The van der Waals surface area contributed by atoms with Gasteiger partial charge >= 0.3 is 6.01 Å². The second kappa shape index (κ2) is 22.8. The summed E-state index contributed by atoms with van der Waals surface area (Å²) in [5.41, 5.74) is 6.45. The van der Waals surface area contributed by atoms with Gasteiger partial charge in [-0.15, -0.1) is 11.3 Å². The molecule has 5 fully saturated rings. The van der Waals surface area contributed by atoms with Crippen LogP contribution in [0.4, 0.5) is 10.2 Å². The first-order valence-corrected chi connectivity index (χ1v) is 29.5. The first kappa shape index (κ1) is 54.7. The Morgan fingerprint density at radius 3 is 2.56 bits per heavy atom. The number of rotatable bonds is 19. The number of carbonyl (C=O) groups is 2. The number of anilines is 1. The average molecular weight is 1120 g/mol. The SMILES string of the molecule is CCc1cccc2cc(OCOC)cc(-c3ncc4c(N5CC6CCC(C5)N6)nc(OC[C@]56CCCN5[C@H](COc5cc(C(C(=O)N7C[C@H](O)C[C@H]7C(=O)N[C@@H](C)c7ccc(-c8scnc8C)cc7)C(C)C)on5)CC6)nc4c3F)c12. The maximum Gasteiger partial charge on any atom is 0.319 e. The van der Waals surface area contributed by atoms with Crippen molar-refractivity contribution < 1.29 is 42.6 Å². The number of likely N-dealkylation sites (tertiary alicyclic amines) is 1. The molecular formula is C61H71FN10O8S. The van der Waals surface area contributed by atoms with Crippen LogP contribution in [0.2, 0.25) is 0 Å². The van der Waals surface area contributed by atoms with Crippen molar-refractivity contribution in [3.63, 3.8) is 0 Å². The van der Waals surface area contributed by atoms with Gasteiger partial charge in [-0.25, -0.2) is 9.37 Å². The van der Waals surface area contributed by atoms with E-state index in [1.807, 2.05) is 81.7 Å². The van der Waals surface area contributed by atoms with Gasteiger partial charge in [-0.2, -0.15) is 9.97 Å². The van der Waals surface area contributed by atoms with Crippen LogP contribution in [0.1, 0.15) is 107 Å². The van der Waals surface area contributed by atoms with Crippen molar-refractivity contribution in [2.45, 2.75) is 134 Å². The molecule has 12 rings (SSSR count). The standard InChI is InChI=1S/C61H71FN10O8S/c1-7-37-10-8-11-40-22-45(79-33-76-6)24-46(52(37)40)54-53(62)55-47(26-63-54)57(70-27-41-16-17-42(28-70)66-41)68-60(67-55)78-31-61-19-9-21-72(61)43(18-20-61)30-77-50-25-49(80-69-50)51(34(2)3)59(75)71-29-44(73)23-48(71)58(74)65-35(4)38-12-14-39(15-13-38)56-36(5)64-32-81-56/h8,10-15,22,24-26,32,34-35,41-44,48,51,66,73H,7,9,16-21,23,27-31,33H2,1-6H3,(H,65,74)/t35-,41?,42?,43-,44+,48-,51?,61+/m0/s1. The number of benzene rings is 3. The molecule has 9 heterocycles. The number of aliphatic hydroxyl groups is 1. The Morgan fingerprint density at radius 2 is 1.80 bits per heavy atom. The number of amides is 2. The first-order valence-electron chi connectivity index (χ1n) is 28.6. The van der Waals surface area contributed by atoms with Gasteiger partial charge in [0.25, 0.3) is 5.88 Å². The highest BCUT2D eigenvalue weighted by atomic mass is 32.1. The number of hydrogen-bond donors (Lipinski definition) is 3. The summed E-state index contributed by atoms with van der Waals surface area (Å²) in [5, 5.41) is 24.3. The molecule has 18 nitrogen and oxygen atoms in total. The number of carbonyl (C=O) groups excluding carboxylic acids is 2. The van der Waals surface area contributed by atoms with E-state index in [2.05, 4.69) is 43.6 Å². The van der Waals surface area contributed by atoms with Crippen molar-refractivity contribution in [2.75, 3.05) is 58.2 Å². The molecule has 5 aliphatic rings. The van der Waals surface area contributed by atoms with Crippen LogP contribution in [0.3, 0.4) is 0 Å². The zero-order valence-corrected chi connectivity index (χ0v) is 47.6. The van der Waals surface area contributed by atoms with Crippen molar-refractivity contribution in [2.24, 2.45) is 5.92 Å². The molecular weight excluding hydrogens is 1050 g/mol. The fourth-order valence-electron chi connectivity index (χ4n) is 13.4. The molecule has 0 aliphatic carbocycles. The van der Waals surface area contributed by atoms with Crippen LogP contribution in [0.5, 0.6) is 17.6 Å². The number of nitrogens with zero attached hydrogens (tertiary/aromatic N) is 8. The number of hydrogen-bond acceptors (Lipinski definition) is 17. The van der Waals surface area contributed by atoms with Crippen LogP contribution in [-0.2, 0) is 20.7 Å². The fraction of sp³-hybridized carbons (Fsp3) is 0.492. The highest BCUT2D eigenvalue weighted by molar-refractivity contribution is 7.13. The van der Waals surface area contributed by atoms with E-state index >= 15 is 4.39 Å². The van der Waals surface area contributed by atoms with Crippen LogP contribution in [0.25, 0.3) is 43.4 Å². The van der Waals surface area contributed by atoms with Crippen LogP contribution in [0, 0.1) is 18.7 Å². The van der Waals surface area contributed by atoms with Gasteiger partial charge in [-0.3, -0.25) is 19.5 Å². The fourth-order valence-corrected chi connectivity index (χ4v) is 14.2. The summed E-state index contributed by atoms with van der Waals surface area (Å²) < 4.78 is 47.8. The third-order valence-electron chi connectivity index (χ3n) is 17.5. The number of pyridine rings is 1. The van der Waals surface area contributed by atoms with Gasteiger partial charge in [-0.1, -0.05) is 63.2 Å². The van der Waals surface area contributed by atoms with Crippen LogP contribution >= 0.6 is 11.3 Å². The minimum atomic E-state index is -0.865.